The maximum atomic E-state index is 11.4. The first-order chi connectivity index (χ1) is 11.4. The Morgan fingerprint density at radius 3 is 2.67 bits per heavy atom. The van der Waals surface area contributed by atoms with Crippen LogP contribution in [0.3, 0.4) is 0 Å². The number of rotatable bonds is 9. The second kappa shape index (κ2) is 9.60. The van der Waals surface area contributed by atoms with E-state index in [-0.39, 0.29) is 35.5 Å². The van der Waals surface area contributed by atoms with Crippen molar-refractivity contribution < 1.29 is 22.9 Å². The molecule has 1 N–H and O–H groups in total. The lowest BCUT2D eigenvalue weighted by atomic mass is 10.1. The van der Waals surface area contributed by atoms with Crippen LogP contribution in [0.1, 0.15) is 33.1 Å². The van der Waals surface area contributed by atoms with Crippen molar-refractivity contribution in [2.24, 2.45) is 4.36 Å². The molecule has 24 heavy (non-hydrogen) atoms. The first-order valence-electron chi connectivity index (χ1n) is 7.39. The van der Waals surface area contributed by atoms with Crippen LogP contribution in [0.5, 0.6) is 0 Å². The van der Waals surface area contributed by atoms with Crippen LogP contribution in [0.25, 0.3) is 0 Å². The van der Waals surface area contributed by atoms with E-state index in [0.29, 0.717) is 19.4 Å². The van der Waals surface area contributed by atoms with E-state index in [1.165, 1.54) is 12.1 Å². The van der Waals surface area contributed by atoms with Gasteiger partial charge in [-0.05, 0) is 31.9 Å². The number of benzene rings is 1. The minimum absolute atomic E-state index is 0.0276. The Hall–Kier alpha value is -2.49. The number of ether oxygens (including phenoxy) is 1. The van der Waals surface area contributed by atoms with Crippen LogP contribution >= 0.6 is 0 Å². The number of hydrogen-bond acceptors (Lipinski definition) is 8. The maximum absolute atomic E-state index is 11.4. The predicted molar refractivity (Wildman–Crippen MR) is 87.7 cm³/mol. The fourth-order valence-electron chi connectivity index (χ4n) is 2.06. The summed E-state index contributed by atoms with van der Waals surface area (Å²) in [6.45, 7) is 3.91. The number of carbonyl (C=O) groups is 1. The molecule has 0 saturated carbocycles. The van der Waals surface area contributed by atoms with E-state index in [1.54, 1.807) is 6.92 Å². The van der Waals surface area contributed by atoms with E-state index in [4.69, 9.17) is 4.74 Å². The first-order valence-corrected chi connectivity index (χ1v) is 8.42. The second-order valence-electron chi connectivity index (χ2n) is 4.86. The van der Waals surface area contributed by atoms with Gasteiger partial charge < -0.3 is 10.1 Å². The zero-order valence-corrected chi connectivity index (χ0v) is 14.2. The molecule has 0 aliphatic heterocycles. The Balaban J connectivity index is 2.93. The molecule has 0 aliphatic carbocycles. The Bertz CT molecular complexity index is 724. The average Bonchev–Trinajstić information content (AvgIpc) is 2.52. The highest BCUT2D eigenvalue weighted by molar-refractivity contribution is 7.61. The van der Waals surface area contributed by atoms with Crippen LogP contribution < -0.4 is 5.32 Å². The van der Waals surface area contributed by atoms with Crippen LogP contribution in [0, 0.1) is 10.1 Å². The van der Waals surface area contributed by atoms with E-state index >= 15 is 0 Å². The van der Waals surface area contributed by atoms with Gasteiger partial charge in [-0.2, -0.15) is 8.42 Å². The van der Waals surface area contributed by atoms with Gasteiger partial charge in [-0.25, -0.2) is 0 Å². The van der Waals surface area contributed by atoms with E-state index in [0.717, 1.165) is 6.07 Å². The first kappa shape index (κ1) is 19.6. The number of hydrogen-bond donors (Lipinski definition) is 1. The molecule has 0 radical (unpaired) electrons. The van der Waals surface area contributed by atoms with Crippen molar-refractivity contribution in [2.45, 2.75) is 39.2 Å². The summed E-state index contributed by atoms with van der Waals surface area (Å²) in [5, 5.41) is 14.2. The Labute approximate surface area is 140 Å². The van der Waals surface area contributed by atoms with E-state index < -0.39 is 15.4 Å². The third-order valence-corrected chi connectivity index (χ3v) is 3.57. The molecule has 0 aromatic heterocycles. The number of nitro groups is 1. The Morgan fingerprint density at radius 1 is 1.42 bits per heavy atom. The smallest absolute Gasteiger partial charge is 0.316 e. The molecule has 0 heterocycles. The fourth-order valence-corrected chi connectivity index (χ4v) is 2.35. The largest absolute Gasteiger partial charge is 0.466 e. The molecule has 1 aromatic carbocycles. The minimum Gasteiger partial charge on any atom is -0.466 e. The Kier molecular flexibility index (Phi) is 7.83. The quantitative estimate of drug-likeness (QED) is 0.409. The van der Waals surface area contributed by atoms with Gasteiger partial charge in [0.1, 0.15) is 5.69 Å². The Morgan fingerprint density at radius 2 is 2.12 bits per heavy atom. The molecule has 0 saturated heterocycles. The topological polar surface area (TPSA) is 128 Å². The summed E-state index contributed by atoms with van der Waals surface area (Å²) < 4.78 is 29.2. The van der Waals surface area contributed by atoms with Gasteiger partial charge in [-0.3, -0.25) is 14.9 Å². The van der Waals surface area contributed by atoms with Gasteiger partial charge in [0.2, 0.25) is 0 Å². The molecule has 0 spiro atoms. The molecule has 0 amide bonds. The highest BCUT2D eigenvalue weighted by atomic mass is 32.2. The fraction of sp³-hybridized carbons (Fsp3) is 0.500. The minimum atomic E-state index is -2.69. The van der Waals surface area contributed by atoms with E-state index in [2.05, 4.69) is 9.68 Å². The van der Waals surface area contributed by atoms with Crippen molar-refractivity contribution in [3.8, 4) is 0 Å². The molecule has 1 aromatic rings. The lowest BCUT2D eigenvalue weighted by Crippen LogP contribution is -2.21. The van der Waals surface area contributed by atoms with Crippen LogP contribution in [0.4, 0.5) is 17.1 Å². The number of nitro benzene ring substituents is 1. The highest BCUT2D eigenvalue weighted by Gasteiger charge is 2.18. The normalized spacial score (nSPS) is 11.4. The molecular weight excluding hydrogens is 338 g/mol. The van der Waals surface area contributed by atoms with Gasteiger partial charge >= 0.3 is 16.5 Å². The van der Waals surface area contributed by atoms with Gasteiger partial charge in [0.05, 0.1) is 17.2 Å². The molecular formula is C14H19N3O6S. The lowest BCUT2D eigenvalue weighted by Gasteiger charge is -2.18. The van der Waals surface area contributed by atoms with E-state index in [1.807, 2.05) is 6.92 Å². The summed E-state index contributed by atoms with van der Waals surface area (Å²) in [4.78, 5) is 22.0. The number of anilines is 1. The third kappa shape index (κ3) is 6.32. The van der Waals surface area contributed by atoms with Gasteiger partial charge in [0.15, 0.2) is 0 Å². The standard InChI is InChI=1S/C14H19N3O6S/c1-3-10(6-8-14(18)23-4-2)15-12-7-5-11(16-24(21)22)9-13(12)17(19)20/h5,7,9-10,15H,3-4,6,8H2,1-2H3. The lowest BCUT2D eigenvalue weighted by molar-refractivity contribution is -0.383. The van der Waals surface area contributed by atoms with Crippen molar-refractivity contribution in [1.82, 2.24) is 0 Å². The summed E-state index contributed by atoms with van der Waals surface area (Å²) in [6, 6.07) is 3.68. The molecule has 1 unspecified atom stereocenters. The van der Waals surface area contributed by atoms with Gasteiger partial charge in [-0.15, -0.1) is 4.36 Å². The molecule has 132 valence electrons. The SMILES string of the molecule is CCOC(=O)CCC(CC)Nc1ccc(N=S(=O)=O)cc1[N+](=O)[O-]. The van der Waals surface area contributed by atoms with Crippen molar-refractivity contribution in [2.75, 3.05) is 11.9 Å². The predicted octanol–water partition coefficient (Wildman–Crippen LogP) is 2.82. The van der Waals surface area contributed by atoms with Crippen molar-refractivity contribution >= 4 is 33.5 Å². The summed E-state index contributed by atoms with van der Waals surface area (Å²) >= 11 is 0. The number of nitrogens with one attached hydrogen (secondary N) is 1. The summed E-state index contributed by atoms with van der Waals surface area (Å²) in [5.74, 6) is -0.320. The van der Waals surface area contributed by atoms with Gasteiger partial charge in [0.25, 0.3) is 5.69 Å². The number of esters is 1. The maximum Gasteiger partial charge on any atom is 0.316 e. The summed E-state index contributed by atoms with van der Waals surface area (Å²) in [6.07, 6.45) is 1.31. The number of nitrogens with zero attached hydrogens (tertiary/aromatic N) is 2. The number of carbonyl (C=O) groups excluding carboxylic acids is 1. The molecule has 0 fully saturated rings. The van der Waals surface area contributed by atoms with Crippen molar-refractivity contribution in [1.29, 1.82) is 0 Å². The van der Waals surface area contributed by atoms with Crippen LogP contribution in [-0.4, -0.2) is 32.0 Å². The molecule has 1 rings (SSSR count). The molecule has 0 aliphatic rings. The molecule has 9 nitrogen and oxygen atoms in total. The van der Waals surface area contributed by atoms with Crippen LogP contribution in [0.2, 0.25) is 0 Å². The average molecular weight is 357 g/mol. The zero-order valence-electron chi connectivity index (χ0n) is 13.4. The second-order valence-corrected chi connectivity index (χ2v) is 5.48. The van der Waals surface area contributed by atoms with Gasteiger partial charge in [0, 0.05) is 18.5 Å². The molecule has 10 heteroatoms. The van der Waals surface area contributed by atoms with Crippen LogP contribution in [-0.2, 0) is 20.0 Å². The van der Waals surface area contributed by atoms with Crippen molar-refractivity contribution in [3.63, 3.8) is 0 Å². The van der Waals surface area contributed by atoms with E-state index in [9.17, 15) is 23.3 Å². The van der Waals surface area contributed by atoms with Crippen LogP contribution in [0.15, 0.2) is 22.6 Å². The third-order valence-electron chi connectivity index (χ3n) is 3.21. The molecule has 0 bridgehead atoms. The highest BCUT2D eigenvalue weighted by Crippen LogP contribution is 2.30. The monoisotopic (exact) mass is 357 g/mol. The summed E-state index contributed by atoms with van der Waals surface area (Å²) in [5.41, 5.74) is -0.0669. The van der Waals surface area contributed by atoms with Crippen molar-refractivity contribution in [3.05, 3.63) is 28.3 Å². The molecule has 1 atom stereocenters. The zero-order chi connectivity index (χ0) is 18.1. The van der Waals surface area contributed by atoms with Gasteiger partial charge in [-0.1, -0.05) is 6.92 Å². The summed E-state index contributed by atoms with van der Waals surface area (Å²) in [7, 11) is -2.69.